The van der Waals surface area contributed by atoms with E-state index in [1.807, 2.05) is 0 Å². The van der Waals surface area contributed by atoms with Crippen molar-refractivity contribution in [2.45, 2.75) is 70.7 Å². The summed E-state index contributed by atoms with van der Waals surface area (Å²) in [5.41, 5.74) is 0. The van der Waals surface area contributed by atoms with Crippen LogP contribution in [0.3, 0.4) is 0 Å². The summed E-state index contributed by atoms with van der Waals surface area (Å²) in [4.78, 5) is 2.70. The summed E-state index contributed by atoms with van der Waals surface area (Å²) in [6.07, 6.45) is 5.68. The smallest absolute Gasteiger partial charge is 0.0518 e. The van der Waals surface area contributed by atoms with Gasteiger partial charge in [-0.3, -0.25) is 4.90 Å². The summed E-state index contributed by atoms with van der Waals surface area (Å²) < 4.78 is 5.55. The SMILES string of the molecule is CC(C)OCCCNC1CC(C)N(C2CC2)C1. The van der Waals surface area contributed by atoms with Gasteiger partial charge in [-0.2, -0.15) is 0 Å². The fraction of sp³-hybridized carbons (Fsp3) is 1.00. The summed E-state index contributed by atoms with van der Waals surface area (Å²) >= 11 is 0. The van der Waals surface area contributed by atoms with Crippen molar-refractivity contribution >= 4 is 0 Å². The zero-order chi connectivity index (χ0) is 12.3. The van der Waals surface area contributed by atoms with Crippen molar-refractivity contribution in [1.82, 2.24) is 10.2 Å². The molecule has 0 bridgehead atoms. The van der Waals surface area contributed by atoms with E-state index in [2.05, 4.69) is 31.0 Å². The molecule has 2 fully saturated rings. The highest BCUT2D eigenvalue weighted by Gasteiger charge is 2.38. The number of hydrogen-bond acceptors (Lipinski definition) is 3. The van der Waals surface area contributed by atoms with E-state index in [1.54, 1.807) is 0 Å². The lowest BCUT2D eigenvalue weighted by atomic mass is 10.2. The summed E-state index contributed by atoms with van der Waals surface area (Å²) in [7, 11) is 0. The van der Waals surface area contributed by atoms with Crippen LogP contribution in [0.15, 0.2) is 0 Å². The van der Waals surface area contributed by atoms with Gasteiger partial charge in [0.05, 0.1) is 6.10 Å². The van der Waals surface area contributed by atoms with Crippen molar-refractivity contribution < 1.29 is 4.74 Å². The molecule has 1 saturated heterocycles. The van der Waals surface area contributed by atoms with Crippen LogP contribution in [0.25, 0.3) is 0 Å². The molecule has 2 unspecified atom stereocenters. The first-order chi connectivity index (χ1) is 8.16. The van der Waals surface area contributed by atoms with Gasteiger partial charge < -0.3 is 10.1 Å². The molecule has 0 aromatic carbocycles. The zero-order valence-electron chi connectivity index (χ0n) is 11.6. The molecule has 2 rings (SSSR count). The van der Waals surface area contributed by atoms with E-state index in [0.717, 1.165) is 31.7 Å². The minimum absolute atomic E-state index is 0.367. The molecule has 1 aliphatic carbocycles. The van der Waals surface area contributed by atoms with Crippen molar-refractivity contribution in [2.75, 3.05) is 19.7 Å². The second kappa shape index (κ2) is 6.17. The van der Waals surface area contributed by atoms with Crippen LogP contribution in [-0.4, -0.2) is 48.8 Å². The molecule has 100 valence electrons. The molecule has 0 aromatic heterocycles. The lowest BCUT2D eigenvalue weighted by Gasteiger charge is -2.19. The van der Waals surface area contributed by atoms with Crippen LogP contribution in [0.1, 0.15) is 46.5 Å². The second-order valence-corrected chi connectivity index (χ2v) is 5.94. The van der Waals surface area contributed by atoms with Crippen LogP contribution in [0, 0.1) is 0 Å². The lowest BCUT2D eigenvalue weighted by Crippen LogP contribution is -2.34. The maximum absolute atomic E-state index is 5.55. The Balaban J connectivity index is 1.54. The Morgan fingerprint density at radius 1 is 1.35 bits per heavy atom. The first-order valence-electron chi connectivity index (χ1n) is 7.27. The van der Waals surface area contributed by atoms with Gasteiger partial charge in [0.2, 0.25) is 0 Å². The molecule has 3 nitrogen and oxygen atoms in total. The zero-order valence-corrected chi connectivity index (χ0v) is 11.6. The quantitative estimate of drug-likeness (QED) is 0.689. The number of rotatable bonds is 7. The van der Waals surface area contributed by atoms with E-state index < -0.39 is 0 Å². The van der Waals surface area contributed by atoms with Crippen molar-refractivity contribution in [3.05, 3.63) is 0 Å². The van der Waals surface area contributed by atoms with Crippen LogP contribution < -0.4 is 5.32 Å². The normalized spacial score (nSPS) is 30.4. The fourth-order valence-corrected chi connectivity index (χ4v) is 2.82. The Kier molecular flexibility index (Phi) is 4.83. The summed E-state index contributed by atoms with van der Waals surface area (Å²) in [5, 5.41) is 3.68. The van der Waals surface area contributed by atoms with E-state index in [9.17, 15) is 0 Å². The van der Waals surface area contributed by atoms with Gasteiger partial charge in [-0.25, -0.2) is 0 Å². The van der Waals surface area contributed by atoms with Gasteiger partial charge in [0, 0.05) is 31.3 Å². The highest BCUT2D eigenvalue weighted by atomic mass is 16.5. The van der Waals surface area contributed by atoms with Gasteiger partial charge >= 0.3 is 0 Å². The maximum atomic E-state index is 5.55. The molecular formula is C14H28N2O. The molecule has 3 heteroatoms. The van der Waals surface area contributed by atoms with Gasteiger partial charge in [-0.15, -0.1) is 0 Å². The van der Waals surface area contributed by atoms with Crippen LogP contribution >= 0.6 is 0 Å². The fourth-order valence-electron chi connectivity index (χ4n) is 2.82. The minimum Gasteiger partial charge on any atom is -0.379 e. The molecule has 0 amide bonds. The second-order valence-electron chi connectivity index (χ2n) is 5.94. The number of nitrogens with zero attached hydrogens (tertiary/aromatic N) is 1. The maximum Gasteiger partial charge on any atom is 0.0518 e. The topological polar surface area (TPSA) is 24.5 Å². The molecular weight excluding hydrogens is 212 g/mol. The van der Waals surface area contributed by atoms with Gasteiger partial charge in [0.15, 0.2) is 0 Å². The number of hydrogen-bond donors (Lipinski definition) is 1. The number of nitrogens with one attached hydrogen (secondary N) is 1. The molecule has 1 heterocycles. The number of likely N-dealkylation sites (tertiary alicyclic amines) is 1. The largest absolute Gasteiger partial charge is 0.379 e. The summed E-state index contributed by atoms with van der Waals surface area (Å²) in [6, 6.07) is 2.41. The molecule has 1 saturated carbocycles. The van der Waals surface area contributed by atoms with Crippen molar-refractivity contribution in [2.24, 2.45) is 0 Å². The van der Waals surface area contributed by atoms with Crippen LogP contribution in [0.2, 0.25) is 0 Å². The van der Waals surface area contributed by atoms with Crippen LogP contribution in [-0.2, 0) is 4.74 Å². The van der Waals surface area contributed by atoms with Crippen LogP contribution in [0.4, 0.5) is 0 Å². The predicted octanol–water partition coefficient (Wildman–Crippen LogP) is 2.02. The minimum atomic E-state index is 0.367. The van der Waals surface area contributed by atoms with Crippen molar-refractivity contribution in [3.8, 4) is 0 Å². The van der Waals surface area contributed by atoms with Crippen LogP contribution in [0.5, 0.6) is 0 Å². The van der Waals surface area contributed by atoms with Crippen molar-refractivity contribution in [3.63, 3.8) is 0 Å². The first kappa shape index (κ1) is 13.3. The Morgan fingerprint density at radius 3 is 2.76 bits per heavy atom. The average molecular weight is 240 g/mol. The molecule has 1 N–H and O–H groups in total. The third kappa shape index (κ3) is 4.23. The van der Waals surface area contributed by atoms with Gasteiger partial charge in [0.25, 0.3) is 0 Å². The van der Waals surface area contributed by atoms with Gasteiger partial charge in [0.1, 0.15) is 0 Å². The van der Waals surface area contributed by atoms with E-state index in [1.165, 1.54) is 25.8 Å². The summed E-state index contributed by atoms with van der Waals surface area (Å²) in [6.45, 7) is 9.82. The molecule has 1 aliphatic heterocycles. The Hall–Kier alpha value is -0.120. The average Bonchev–Trinajstić information content (AvgIpc) is 3.03. The third-order valence-corrected chi connectivity index (χ3v) is 3.84. The Morgan fingerprint density at radius 2 is 2.12 bits per heavy atom. The monoisotopic (exact) mass is 240 g/mol. The summed E-state index contributed by atoms with van der Waals surface area (Å²) in [5.74, 6) is 0. The first-order valence-corrected chi connectivity index (χ1v) is 7.27. The Bertz CT molecular complexity index is 228. The van der Waals surface area contributed by atoms with Gasteiger partial charge in [-0.1, -0.05) is 0 Å². The van der Waals surface area contributed by atoms with E-state index in [0.29, 0.717) is 12.1 Å². The molecule has 2 atom stereocenters. The third-order valence-electron chi connectivity index (χ3n) is 3.84. The molecule has 17 heavy (non-hydrogen) atoms. The predicted molar refractivity (Wildman–Crippen MR) is 71.3 cm³/mol. The standard InChI is InChI=1S/C14H28N2O/c1-11(2)17-8-4-7-15-13-9-12(3)16(10-13)14-5-6-14/h11-15H,4-10H2,1-3H3. The molecule has 2 aliphatic rings. The highest BCUT2D eigenvalue weighted by Crippen LogP contribution is 2.33. The van der Waals surface area contributed by atoms with Gasteiger partial charge in [-0.05, 0) is 53.0 Å². The van der Waals surface area contributed by atoms with E-state index in [4.69, 9.17) is 4.74 Å². The molecule has 0 spiro atoms. The lowest BCUT2D eigenvalue weighted by molar-refractivity contribution is 0.0767. The highest BCUT2D eigenvalue weighted by molar-refractivity contribution is 4.95. The van der Waals surface area contributed by atoms with Crippen molar-refractivity contribution in [1.29, 1.82) is 0 Å². The molecule has 0 radical (unpaired) electrons. The number of ether oxygens (including phenoxy) is 1. The Labute approximate surface area is 106 Å². The molecule has 0 aromatic rings. The van der Waals surface area contributed by atoms with E-state index >= 15 is 0 Å². The van der Waals surface area contributed by atoms with E-state index in [-0.39, 0.29) is 0 Å².